The smallest absolute Gasteiger partial charge is 0.0304 e. The fraction of sp³-hybridized carbons (Fsp3) is 1.00. The van der Waals surface area contributed by atoms with Gasteiger partial charge >= 0.3 is 0 Å². The summed E-state index contributed by atoms with van der Waals surface area (Å²) in [5.41, 5.74) is 0.369. The van der Waals surface area contributed by atoms with E-state index in [0.29, 0.717) is 5.54 Å². The Hall–Kier alpha value is -0.0800. The third-order valence-electron chi connectivity index (χ3n) is 4.76. The second-order valence-electron chi connectivity index (χ2n) is 5.74. The standard InChI is InChI=1S/C15H32N2/c1-6-10-13(5)17-12-15(8-3,9-4)16-11-14(17)7-2/h13-14,16H,6-12H2,1-5H3. The van der Waals surface area contributed by atoms with Crippen LogP contribution in [0.25, 0.3) is 0 Å². The average Bonchev–Trinajstić information content (AvgIpc) is 2.38. The summed E-state index contributed by atoms with van der Waals surface area (Å²) in [6.45, 7) is 14.1. The van der Waals surface area contributed by atoms with Gasteiger partial charge in [-0.1, -0.05) is 34.1 Å². The van der Waals surface area contributed by atoms with Gasteiger partial charge in [-0.05, 0) is 32.6 Å². The number of piperazine rings is 1. The Morgan fingerprint density at radius 3 is 2.35 bits per heavy atom. The van der Waals surface area contributed by atoms with Gasteiger partial charge in [-0.15, -0.1) is 0 Å². The van der Waals surface area contributed by atoms with E-state index in [-0.39, 0.29) is 0 Å². The van der Waals surface area contributed by atoms with Crippen molar-refractivity contribution in [1.82, 2.24) is 10.2 Å². The summed E-state index contributed by atoms with van der Waals surface area (Å²) in [6.07, 6.45) is 6.39. The van der Waals surface area contributed by atoms with E-state index in [0.717, 1.165) is 12.1 Å². The van der Waals surface area contributed by atoms with Crippen LogP contribution in [0.1, 0.15) is 66.7 Å². The zero-order valence-corrected chi connectivity index (χ0v) is 12.6. The van der Waals surface area contributed by atoms with Crippen LogP contribution >= 0.6 is 0 Å². The molecule has 17 heavy (non-hydrogen) atoms. The maximum absolute atomic E-state index is 3.82. The van der Waals surface area contributed by atoms with Gasteiger partial charge in [-0.3, -0.25) is 4.90 Å². The normalized spacial score (nSPS) is 27.0. The van der Waals surface area contributed by atoms with Crippen molar-refractivity contribution in [3.63, 3.8) is 0 Å². The average molecular weight is 240 g/mol. The van der Waals surface area contributed by atoms with Crippen LogP contribution in [0.5, 0.6) is 0 Å². The summed E-state index contributed by atoms with van der Waals surface area (Å²) in [6, 6.07) is 1.48. The van der Waals surface area contributed by atoms with Crippen LogP contribution in [0, 0.1) is 0 Å². The Labute approximate surface area is 108 Å². The quantitative estimate of drug-likeness (QED) is 0.765. The Kier molecular flexibility index (Phi) is 5.94. The number of nitrogens with one attached hydrogen (secondary N) is 1. The third kappa shape index (κ3) is 3.45. The highest BCUT2D eigenvalue weighted by molar-refractivity contribution is 4.97. The molecule has 0 aliphatic carbocycles. The summed E-state index contributed by atoms with van der Waals surface area (Å²) in [5, 5.41) is 3.82. The fourth-order valence-corrected chi connectivity index (χ4v) is 3.19. The number of nitrogens with zero attached hydrogens (tertiary/aromatic N) is 1. The molecule has 2 nitrogen and oxygen atoms in total. The summed E-state index contributed by atoms with van der Waals surface area (Å²) < 4.78 is 0. The van der Waals surface area contributed by atoms with E-state index in [1.165, 1.54) is 45.2 Å². The van der Waals surface area contributed by atoms with E-state index in [1.807, 2.05) is 0 Å². The molecule has 1 fully saturated rings. The summed E-state index contributed by atoms with van der Waals surface area (Å²) in [7, 11) is 0. The lowest BCUT2D eigenvalue weighted by Gasteiger charge is -2.49. The van der Waals surface area contributed by atoms with Crippen molar-refractivity contribution in [2.24, 2.45) is 0 Å². The first-order valence-corrected chi connectivity index (χ1v) is 7.63. The van der Waals surface area contributed by atoms with Crippen molar-refractivity contribution in [2.45, 2.75) is 84.3 Å². The van der Waals surface area contributed by atoms with E-state index in [9.17, 15) is 0 Å². The molecular formula is C15H32N2. The molecule has 1 N–H and O–H groups in total. The molecule has 1 aliphatic heterocycles. The molecule has 0 aromatic rings. The van der Waals surface area contributed by atoms with Gasteiger partial charge in [0.25, 0.3) is 0 Å². The zero-order valence-electron chi connectivity index (χ0n) is 12.6. The van der Waals surface area contributed by atoms with Crippen molar-refractivity contribution in [1.29, 1.82) is 0 Å². The molecule has 0 spiro atoms. The minimum atomic E-state index is 0.369. The van der Waals surface area contributed by atoms with Crippen LogP contribution in [0.3, 0.4) is 0 Å². The molecule has 0 radical (unpaired) electrons. The summed E-state index contributed by atoms with van der Waals surface area (Å²) in [4.78, 5) is 2.77. The molecule has 0 bridgehead atoms. The molecule has 1 rings (SSSR count). The molecule has 2 heteroatoms. The number of hydrogen-bond acceptors (Lipinski definition) is 2. The van der Waals surface area contributed by atoms with Crippen molar-refractivity contribution >= 4 is 0 Å². The Bertz CT molecular complexity index is 211. The van der Waals surface area contributed by atoms with E-state index in [2.05, 4.69) is 44.8 Å². The van der Waals surface area contributed by atoms with Crippen LogP contribution in [-0.2, 0) is 0 Å². The molecule has 0 aromatic carbocycles. The van der Waals surface area contributed by atoms with Gasteiger partial charge in [-0.2, -0.15) is 0 Å². The van der Waals surface area contributed by atoms with Gasteiger partial charge in [0, 0.05) is 30.7 Å². The molecule has 1 saturated heterocycles. The number of rotatable bonds is 6. The Morgan fingerprint density at radius 2 is 1.88 bits per heavy atom. The van der Waals surface area contributed by atoms with Crippen molar-refractivity contribution < 1.29 is 0 Å². The molecule has 2 unspecified atom stereocenters. The van der Waals surface area contributed by atoms with E-state index < -0.39 is 0 Å². The largest absolute Gasteiger partial charge is 0.308 e. The lowest BCUT2D eigenvalue weighted by atomic mass is 9.87. The van der Waals surface area contributed by atoms with Crippen LogP contribution in [0.2, 0.25) is 0 Å². The Morgan fingerprint density at radius 1 is 1.24 bits per heavy atom. The molecular weight excluding hydrogens is 208 g/mol. The van der Waals surface area contributed by atoms with Gasteiger partial charge in [0.1, 0.15) is 0 Å². The summed E-state index contributed by atoms with van der Waals surface area (Å²) in [5.74, 6) is 0. The Balaban J connectivity index is 2.73. The van der Waals surface area contributed by atoms with Crippen LogP contribution in [0.15, 0.2) is 0 Å². The molecule has 2 atom stereocenters. The lowest BCUT2D eigenvalue weighted by molar-refractivity contribution is 0.0375. The maximum atomic E-state index is 3.82. The minimum absolute atomic E-state index is 0.369. The molecule has 0 saturated carbocycles. The molecule has 102 valence electrons. The van der Waals surface area contributed by atoms with Gasteiger partial charge < -0.3 is 5.32 Å². The fourth-order valence-electron chi connectivity index (χ4n) is 3.19. The van der Waals surface area contributed by atoms with Crippen molar-refractivity contribution in [2.75, 3.05) is 13.1 Å². The first-order valence-electron chi connectivity index (χ1n) is 7.63. The van der Waals surface area contributed by atoms with Crippen LogP contribution < -0.4 is 5.32 Å². The van der Waals surface area contributed by atoms with Crippen LogP contribution in [0.4, 0.5) is 0 Å². The summed E-state index contributed by atoms with van der Waals surface area (Å²) >= 11 is 0. The van der Waals surface area contributed by atoms with E-state index in [1.54, 1.807) is 0 Å². The predicted molar refractivity (Wildman–Crippen MR) is 76.5 cm³/mol. The van der Waals surface area contributed by atoms with E-state index in [4.69, 9.17) is 0 Å². The van der Waals surface area contributed by atoms with E-state index >= 15 is 0 Å². The van der Waals surface area contributed by atoms with Gasteiger partial charge in [-0.25, -0.2) is 0 Å². The van der Waals surface area contributed by atoms with Gasteiger partial charge in [0.05, 0.1) is 0 Å². The first-order chi connectivity index (χ1) is 8.12. The third-order valence-corrected chi connectivity index (χ3v) is 4.76. The van der Waals surface area contributed by atoms with Crippen LogP contribution in [-0.4, -0.2) is 35.6 Å². The molecule has 1 aliphatic rings. The second kappa shape index (κ2) is 6.75. The number of hydrogen-bond donors (Lipinski definition) is 1. The van der Waals surface area contributed by atoms with Gasteiger partial charge in [0.2, 0.25) is 0 Å². The zero-order chi connectivity index (χ0) is 12.9. The molecule has 0 amide bonds. The highest BCUT2D eigenvalue weighted by atomic mass is 15.3. The van der Waals surface area contributed by atoms with Gasteiger partial charge in [0.15, 0.2) is 0 Å². The predicted octanol–water partition coefficient (Wildman–Crippen LogP) is 3.42. The van der Waals surface area contributed by atoms with Crippen molar-refractivity contribution in [3.05, 3.63) is 0 Å². The monoisotopic (exact) mass is 240 g/mol. The highest BCUT2D eigenvalue weighted by Gasteiger charge is 2.37. The minimum Gasteiger partial charge on any atom is -0.308 e. The molecule has 0 aromatic heterocycles. The second-order valence-corrected chi connectivity index (χ2v) is 5.74. The SMILES string of the molecule is CCCC(C)N1CC(CC)(CC)NCC1CC. The first kappa shape index (κ1) is 15.0. The highest BCUT2D eigenvalue weighted by Crippen LogP contribution is 2.26. The topological polar surface area (TPSA) is 15.3 Å². The van der Waals surface area contributed by atoms with Crippen molar-refractivity contribution in [3.8, 4) is 0 Å². The molecule has 1 heterocycles. The lowest BCUT2D eigenvalue weighted by Crippen LogP contribution is -2.65. The maximum Gasteiger partial charge on any atom is 0.0304 e.